The van der Waals surface area contributed by atoms with Gasteiger partial charge in [0.25, 0.3) is 11.8 Å². The molecule has 0 aromatic carbocycles. The zero-order valence-electron chi connectivity index (χ0n) is 73.2. The van der Waals surface area contributed by atoms with Crippen molar-refractivity contribution >= 4 is 71.1 Å². The van der Waals surface area contributed by atoms with E-state index < -0.39 is 96.4 Å². The standard InChI is InChI=1S/C85H147N17O19S/c1-53(2)76(83(112)101-50-63(103)44-68(101)81(110)92-55(5)59-15-17-60(18-16-59)78-56(6)91-52-122-78)70-46-73(96-121-70)119-37-34-97-29-23-57(24-30-97)47-98-32-33-99-62(48-98)49-102(79(87)67(99)45-65(86)64-10-7-8-12-69(64)104)85(114)120-51-58-13-19-61(20-14-58)93-80(109)66(11-9-27-90-84(88)113)94-82(111)77(54(3)4)95-72(106)26-35-115-38-40-117-42-43-118-41-39-116-36-28-89-71(105)25-31-100-74(107)21-22-75(100)108/h21-22,53-70,73,76-79,91,96,103-104H,7-20,23-52,86-87H2,1-6H3,(H,89,105)(H,92,110)(H,93,109)(H,94,111)(H,95,106)(H3,88,90,113)/t55-,56?,58?,59?,60?,61?,62+,63+,64?,65?,66-,67?,68-,69?,70?,73?,76+,77-,78?,79?/m0/s1. The minimum absolute atomic E-state index is 0.00131. The molecule has 0 radical (unpaired) electrons. The van der Waals surface area contributed by atoms with E-state index >= 15 is 0 Å². The fourth-order valence-corrected chi connectivity index (χ4v) is 21.3. The second kappa shape index (κ2) is 49.9. The quantitative estimate of drug-likeness (QED) is 0.0298. The van der Waals surface area contributed by atoms with Crippen LogP contribution in [-0.2, 0) is 71.6 Å². The minimum Gasteiger partial charge on any atom is -0.449 e. The number of β-amino-alcohol motifs (C(OH)–C–C–N with tert-alkyl or cyclic N) is 1. The predicted octanol–water partition coefficient (Wildman–Crippen LogP) is 0.928. The first-order valence-electron chi connectivity index (χ1n) is 45.7. The van der Waals surface area contributed by atoms with E-state index in [4.69, 9.17) is 50.5 Å². The SMILES string of the molecule is CC1NCSC1C1CCC([C@H](C)NC(=O)[C@@H]2C[C@@H](O)CN2C(=O)[C@H](C(C)C)C2CC(OCCN3CCC(CN4CCN5C(CC(N)C6CCCCC6O)C(N)N(C(=O)OCC6CCC(NC(=O)[C@H](CCCNC(N)=O)NC(=O)[C@@H](NC(=O)CCOCCOCCOCCOCCNC(=O)CCN7C(=O)C=CC7=O)C(C)C)CC6)C[C@H]5C4)CC3)NO2)CC1. The maximum absolute atomic E-state index is 14.6. The number of ether oxygens (including phenoxy) is 6. The lowest BCUT2D eigenvalue weighted by atomic mass is 9.76. The molecule has 6 saturated heterocycles. The Balaban J connectivity index is 0.612. The zero-order valence-corrected chi connectivity index (χ0v) is 74.0. The Hall–Kier alpha value is -6.01. The molecule has 10 rings (SSSR count). The lowest BCUT2D eigenvalue weighted by molar-refractivity contribution is -0.149. The third-order valence-corrected chi connectivity index (χ3v) is 28.5. The van der Waals surface area contributed by atoms with Crippen LogP contribution < -0.4 is 59.9 Å². The molecule has 7 heterocycles. The van der Waals surface area contributed by atoms with Crippen LogP contribution in [0, 0.1) is 47.3 Å². The summed E-state index contributed by atoms with van der Waals surface area (Å²) in [5.41, 5.74) is 22.6. The lowest BCUT2D eigenvalue weighted by Crippen LogP contribution is -2.73. The molecule has 0 aromatic rings. The number of thioether (sulfide) groups is 1. The van der Waals surface area contributed by atoms with Crippen molar-refractivity contribution in [3.63, 3.8) is 0 Å². The van der Waals surface area contributed by atoms with Crippen molar-refractivity contribution in [2.24, 2.45) is 64.5 Å². The van der Waals surface area contributed by atoms with Crippen molar-refractivity contribution in [2.45, 2.75) is 267 Å². The van der Waals surface area contributed by atoms with Gasteiger partial charge in [0.2, 0.25) is 35.4 Å². The highest BCUT2D eigenvalue weighted by atomic mass is 32.2. The smallest absolute Gasteiger partial charge is 0.411 e. The Morgan fingerprint density at radius 2 is 1.37 bits per heavy atom. The molecule has 37 heteroatoms. The molecule has 0 spiro atoms. The van der Waals surface area contributed by atoms with Crippen LogP contribution in [0.4, 0.5) is 9.59 Å². The van der Waals surface area contributed by atoms with Crippen molar-refractivity contribution in [3.05, 3.63) is 12.2 Å². The van der Waals surface area contributed by atoms with Crippen molar-refractivity contribution in [1.29, 1.82) is 0 Å². The van der Waals surface area contributed by atoms with Gasteiger partial charge in [-0.25, -0.2) is 9.59 Å². The summed E-state index contributed by atoms with van der Waals surface area (Å²) in [6, 6.07) is -3.77. The molecular weight excluding hydrogens is 1600 g/mol. The van der Waals surface area contributed by atoms with Gasteiger partial charge in [-0.2, -0.15) is 5.48 Å². The van der Waals surface area contributed by atoms with Crippen LogP contribution in [0.2, 0.25) is 0 Å². The van der Waals surface area contributed by atoms with Gasteiger partial charge in [0.1, 0.15) is 24.4 Å². The van der Waals surface area contributed by atoms with Crippen LogP contribution in [0.1, 0.15) is 176 Å². The number of carbonyl (C=O) groups excluding carboxylic acids is 10. The molecule has 0 aromatic heterocycles. The largest absolute Gasteiger partial charge is 0.449 e. The number of hydrogen-bond acceptors (Lipinski definition) is 27. The van der Waals surface area contributed by atoms with E-state index in [0.29, 0.717) is 120 Å². The van der Waals surface area contributed by atoms with E-state index in [1.54, 1.807) is 23.6 Å². The van der Waals surface area contributed by atoms with Gasteiger partial charge in [0, 0.05) is 151 Å². The molecule has 9 unspecified atom stereocenters. The summed E-state index contributed by atoms with van der Waals surface area (Å²) in [5.74, 6) is -1.38. The highest BCUT2D eigenvalue weighted by Gasteiger charge is 2.50. The number of urea groups is 1. The fraction of sp³-hybridized carbons (Fsp3) is 0.859. The molecule has 16 N–H and O–H groups in total. The first-order chi connectivity index (χ1) is 58.7. The van der Waals surface area contributed by atoms with Crippen LogP contribution in [0.15, 0.2) is 12.2 Å². The Bertz CT molecular complexity index is 3340. The number of aliphatic hydroxyl groups excluding tert-OH is 2. The highest BCUT2D eigenvalue weighted by Crippen LogP contribution is 2.41. The number of primary amides is 1. The molecule has 122 heavy (non-hydrogen) atoms. The number of fused-ring (bicyclic) bond motifs is 1. The normalized spacial score (nSPS) is 29.5. The van der Waals surface area contributed by atoms with Gasteiger partial charge in [-0.05, 0) is 165 Å². The number of piperidine rings is 1. The second-order valence-electron chi connectivity index (χ2n) is 36.4. The molecule has 36 nitrogen and oxygen atoms in total. The number of nitrogens with one attached hydrogen (secondary N) is 8. The monoisotopic (exact) mass is 1740 g/mol. The number of nitrogens with two attached hydrogens (primary N) is 3. The molecule has 7 aliphatic heterocycles. The number of nitrogens with zero attached hydrogens (tertiary/aromatic N) is 6. The van der Waals surface area contributed by atoms with Crippen molar-refractivity contribution in [2.75, 3.05) is 150 Å². The van der Waals surface area contributed by atoms with Crippen LogP contribution in [0.3, 0.4) is 0 Å². The van der Waals surface area contributed by atoms with Crippen LogP contribution in [0.5, 0.6) is 0 Å². The lowest BCUT2D eigenvalue weighted by Gasteiger charge is -2.55. The highest BCUT2D eigenvalue weighted by molar-refractivity contribution is 8.00. The third-order valence-electron chi connectivity index (χ3n) is 27.0. The van der Waals surface area contributed by atoms with Gasteiger partial charge >= 0.3 is 12.1 Å². The number of amides is 11. The molecular formula is C85H147N17O19S. The average Bonchev–Trinajstić information content (AvgIpc) is 0.933. The number of imide groups is 1. The molecule has 16 atom stereocenters. The molecule has 692 valence electrons. The van der Waals surface area contributed by atoms with Gasteiger partial charge in [0.05, 0.1) is 96.5 Å². The third kappa shape index (κ3) is 29.8. The summed E-state index contributed by atoms with van der Waals surface area (Å²) in [4.78, 5) is 149. The summed E-state index contributed by atoms with van der Waals surface area (Å²) >= 11 is 2.03. The van der Waals surface area contributed by atoms with E-state index in [-0.39, 0.29) is 156 Å². The Morgan fingerprint density at radius 3 is 2.03 bits per heavy atom. The van der Waals surface area contributed by atoms with E-state index in [9.17, 15) is 58.2 Å². The Kier molecular flexibility index (Phi) is 40.2. The van der Waals surface area contributed by atoms with Gasteiger partial charge in [-0.15, -0.1) is 11.8 Å². The van der Waals surface area contributed by atoms with Crippen LogP contribution in [0.25, 0.3) is 0 Å². The summed E-state index contributed by atoms with van der Waals surface area (Å²) < 4.78 is 34.7. The fourth-order valence-electron chi connectivity index (χ4n) is 19.8. The molecule has 10 aliphatic rings. The van der Waals surface area contributed by atoms with E-state index in [0.717, 1.165) is 114 Å². The first-order valence-corrected chi connectivity index (χ1v) is 46.8. The minimum atomic E-state index is -1.00. The van der Waals surface area contributed by atoms with Crippen molar-refractivity contribution in [1.82, 2.24) is 72.1 Å². The van der Waals surface area contributed by atoms with E-state index in [2.05, 4.69) is 71.2 Å². The number of hydroxylamine groups is 1. The Labute approximate surface area is 725 Å². The zero-order chi connectivity index (χ0) is 87.4. The second-order valence-corrected chi connectivity index (χ2v) is 37.6. The summed E-state index contributed by atoms with van der Waals surface area (Å²) in [6.07, 6.45) is 13.2. The average molecular weight is 1740 g/mol. The number of likely N-dealkylation sites (tertiary alicyclic amines) is 2. The topological polar surface area (TPSA) is 470 Å². The van der Waals surface area contributed by atoms with Gasteiger partial charge in [-0.1, -0.05) is 40.5 Å². The molecule has 9 fully saturated rings. The molecule has 3 saturated carbocycles. The summed E-state index contributed by atoms with van der Waals surface area (Å²) in [6.45, 7) is 21.5. The number of aliphatic hydroxyl groups is 2. The van der Waals surface area contributed by atoms with Crippen LogP contribution >= 0.6 is 11.8 Å². The summed E-state index contributed by atoms with van der Waals surface area (Å²) in [5, 5.41) is 43.6. The molecule has 0 bridgehead atoms. The van der Waals surface area contributed by atoms with Gasteiger partial charge < -0.3 is 108 Å². The van der Waals surface area contributed by atoms with Gasteiger partial charge in [-0.3, -0.25) is 57.9 Å². The van der Waals surface area contributed by atoms with Gasteiger partial charge in [0.15, 0.2) is 0 Å². The molecule has 11 amide bonds. The number of hydrogen-bond donors (Lipinski definition) is 13. The maximum Gasteiger partial charge on any atom is 0.411 e. The van der Waals surface area contributed by atoms with Crippen LogP contribution in [-0.4, -0.2) is 340 Å². The maximum atomic E-state index is 14.6. The summed E-state index contributed by atoms with van der Waals surface area (Å²) in [7, 11) is 0. The van der Waals surface area contributed by atoms with E-state index in [1.165, 1.54) is 12.2 Å². The number of carbonyl (C=O) groups is 10. The first kappa shape index (κ1) is 98.2. The van der Waals surface area contributed by atoms with Crippen molar-refractivity contribution in [3.8, 4) is 0 Å². The van der Waals surface area contributed by atoms with E-state index in [1.807, 2.05) is 25.6 Å². The predicted molar refractivity (Wildman–Crippen MR) is 456 cm³/mol. The number of piperazine rings is 2. The number of rotatable bonds is 46. The van der Waals surface area contributed by atoms with Crippen molar-refractivity contribution < 1.29 is 91.4 Å². The Morgan fingerprint density at radius 1 is 0.680 bits per heavy atom. The molecule has 3 aliphatic carbocycles.